The van der Waals surface area contributed by atoms with Gasteiger partial charge in [-0.1, -0.05) is 48.5 Å². The number of amides is 2. The number of hydrogen-bond donors (Lipinski definition) is 0. The van der Waals surface area contributed by atoms with Crippen molar-refractivity contribution in [3.8, 4) is 0 Å². The van der Waals surface area contributed by atoms with Gasteiger partial charge in [0.2, 0.25) is 0 Å². The highest BCUT2D eigenvalue weighted by atomic mass is 19.1. The number of benzene rings is 3. The predicted octanol–water partition coefficient (Wildman–Crippen LogP) is 4.54. The molecule has 0 saturated carbocycles. The number of rotatable bonds is 2. The third-order valence-electron chi connectivity index (χ3n) is 5.22. The Balaban J connectivity index is 1.69. The Hall–Kier alpha value is -2.92. The maximum atomic E-state index is 13.4. The molecule has 2 amide bonds. The van der Waals surface area contributed by atoms with Gasteiger partial charge in [-0.2, -0.15) is 5.01 Å². The largest absolute Gasteiger partial charge is 0.340 e. The fourth-order valence-electron chi connectivity index (χ4n) is 4.06. The van der Waals surface area contributed by atoms with Gasteiger partial charge in [-0.05, 0) is 35.6 Å². The molecule has 2 fully saturated rings. The van der Waals surface area contributed by atoms with Crippen molar-refractivity contribution < 1.29 is 9.18 Å². The fraction of sp³-hybridized carbons (Fsp3) is 0.190. The Labute approximate surface area is 151 Å². The number of hydrogen-bond acceptors (Lipinski definition) is 2. The van der Waals surface area contributed by atoms with Crippen LogP contribution >= 0.6 is 0 Å². The molecule has 130 valence electrons. The Morgan fingerprint density at radius 3 is 2.50 bits per heavy atom. The summed E-state index contributed by atoms with van der Waals surface area (Å²) in [7, 11) is 0. The summed E-state index contributed by atoms with van der Waals surface area (Å²) < 4.78 is 13.4. The molecule has 2 aliphatic heterocycles. The van der Waals surface area contributed by atoms with Crippen molar-refractivity contribution in [1.29, 1.82) is 0 Å². The van der Waals surface area contributed by atoms with Crippen LogP contribution < -0.4 is 4.90 Å². The Bertz CT molecular complexity index is 983. The number of carbonyl (C=O) groups excluding carboxylic acids is 1. The lowest BCUT2D eigenvalue weighted by Gasteiger charge is -2.28. The van der Waals surface area contributed by atoms with Gasteiger partial charge < -0.3 is 0 Å². The first kappa shape index (κ1) is 15.3. The second-order valence-electron chi connectivity index (χ2n) is 6.72. The van der Waals surface area contributed by atoms with Crippen molar-refractivity contribution >= 4 is 22.5 Å². The summed E-state index contributed by atoms with van der Waals surface area (Å²) in [5, 5.41) is 6.04. The van der Waals surface area contributed by atoms with E-state index in [1.54, 1.807) is 12.1 Å². The molecular weight excluding hydrogens is 329 g/mol. The monoisotopic (exact) mass is 347 g/mol. The lowest BCUT2D eigenvalue weighted by Crippen LogP contribution is -2.32. The highest BCUT2D eigenvalue weighted by Gasteiger charge is 2.48. The van der Waals surface area contributed by atoms with E-state index in [2.05, 4.69) is 5.01 Å². The normalized spacial score (nSPS) is 20.2. The highest BCUT2D eigenvalue weighted by Crippen LogP contribution is 2.42. The average Bonchev–Trinajstić information content (AvgIpc) is 3.24. The summed E-state index contributed by atoms with van der Waals surface area (Å²) in [6.07, 6.45) is 0.698. The average molecular weight is 347 g/mol. The van der Waals surface area contributed by atoms with E-state index in [1.165, 1.54) is 12.1 Å². The standard InChI is InChI=1S/C21H18FN3O/c22-17-11-9-16(10-12-17)20-23-13-4-14-24(23)21(26)25(20)19-8-3-6-15-5-1-2-7-18(15)19/h1-3,5-12,20H,4,13-14H2. The number of urea groups is 1. The van der Waals surface area contributed by atoms with Crippen LogP contribution in [0.4, 0.5) is 14.9 Å². The van der Waals surface area contributed by atoms with Crippen LogP contribution in [-0.4, -0.2) is 29.1 Å². The van der Waals surface area contributed by atoms with Gasteiger partial charge in [-0.3, -0.25) is 9.91 Å². The molecule has 3 aromatic carbocycles. The topological polar surface area (TPSA) is 26.8 Å². The van der Waals surface area contributed by atoms with E-state index >= 15 is 0 Å². The Morgan fingerprint density at radius 2 is 1.65 bits per heavy atom. The first-order valence-electron chi connectivity index (χ1n) is 8.84. The molecular formula is C21H18FN3O. The molecule has 0 aliphatic carbocycles. The van der Waals surface area contributed by atoms with Gasteiger partial charge in [0, 0.05) is 18.5 Å². The summed E-state index contributed by atoms with van der Waals surface area (Å²) >= 11 is 0. The van der Waals surface area contributed by atoms with E-state index in [0.717, 1.165) is 41.5 Å². The van der Waals surface area contributed by atoms with Gasteiger partial charge in [-0.15, -0.1) is 0 Å². The van der Waals surface area contributed by atoms with Crippen LogP contribution in [0.2, 0.25) is 0 Å². The van der Waals surface area contributed by atoms with Crippen molar-refractivity contribution in [3.63, 3.8) is 0 Å². The zero-order valence-corrected chi connectivity index (χ0v) is 14.2. The maximum Gasteiger partial charge on any atom is 0.340 e. The van der Waals surface area contributed by atoms with Gasteiger partial charge in [0.05, 0.1) is 5.69 Å². The van der Waals surface area contributed by atoms with Crippen molar-refractivity contribution in [1.82, 2.24) is 10.0 Å². The number of hydrazine groups is 1. The number of carbonyl (C=O) groups is 1. The van der Waals surface area contributed by atoms with Gasteiger partial charge >= 0.3 is 6.03 Å². The van der Waals surface area contributed by atoms with Crippen LogP contribution in [-0.2, 0) is 0 Å². The van der Waals surface area contributed by atoms with Crippen LogP contribution in [0, 0.1) is 5.82 Å². The van der Waals surface area contributed by atoms with Crippen LogP contribution in [0.15, 0.2) is 66.7 Å². The van der Waals surface area contributed by atoms with Gasteiger partial charge in [-0.25, -0.2) is 9.18 Å². The van der Waals surface area contributed by atoms with E-state index in [-0.39, 0.29) is 18.0 Å². The third kappa shape index (κ3) is 2.21. The zero-order valence-electron chi connectivity index (χ0n) is 14.2. The third-order valence-corrected chi connectivity index (χ3v) is 5.22. The maximum absolute atomic E-state index is 13.4. The number of anilines is 1. The number of halogens is 1. The molecule has 2 heterocycles. The lowest BCUT2D eigenvalue weighted by molar-refractivity contribution is 0.0728. The van der Waals surface area contributed by atoms with E-state index < -0.39 is 0 Å². The summed E-state index contributed by atoms with van der Waals surface area (Å²) in [5.41, 5.74) is 1.80. The predicted molar refractivity (Wildman–Crippen MR) is 99.0 cm³/mol. The van der Waals surface area contributed by atoms with Crippen LogP contribution in [0.25, 0.3) is 10.8 Å². The van der Waals surface area contributed by atoms with Gasteiger partial charge in [0.1, 0.15) is 12.0 Å². The quantitative estimate of drug-likeness (QED) is 0.680. The molecule has 0 bridgehead atoms. The second-order valence-corrected chi connectivity index (χ2v) is 6.72. The summed E-state index contributed by atoms with van der Waals surface area (Å²) in [4.78, 5) is 15.1. The molecule has 5 heteroatoms. The molecule has 2 aliphatic rings. The van der Waals surface area contributed by atoms with Crippen LogP contribution in [0.1, 0.15) is 18.2 Å². The minimum atomic E-state index is -0.270. The molecule has 1 unspecified atom stereocenters. The molecule has 26 heavy (non-hydrogen) atoms. The molecule has 5 rings (SSSR count). The summed E-state index contributed by atoms with van der Waals surface area (Å²) in [6, 6.07) is 20.5. The number of fused-ring (bicyclic) bond motifs is 2. The van der Waals surface area contributed by atoms with Crippen LogP contribution in [0.3, 0.4) is 0 Å². The molecule has 4 nitrogen and oxygen atoms in total. The molecule has 3 aromatic rings. The van der Waals surface area contributed by atoms with Crippen molar-refractivity contribution in [3.05, 3.63) is 78.1 Å². The van der Waals surface area contributed by atoms with Gasteiger partial charge in [0.25, 0.3) is 0 Å². The lowest BCUT2D eigenvalue weighted by atomic mass is 10.1. The smallest absolute Gasteiger partial charge is 0.270 e. The minimum absolute atomic E-state index is 0.0202. The van der Waals surface area contributed by atoms with Gasteiger partial charge in [0.15, 0.2) is 0 Å². The first-order valence-corrected chi connectivity index (χ1v) is 8.84. The summed E-state index contributed by atoms with van der Waals surface area (Å²) in [6.45, 7) is 1.53. The van der Waals surface area contributed by atoms with E-state index in [0.29, 0.717) is 0 Å². The summed E-state index contributed by atoms with van der Waals surface area (Å²) in [5.74, 6) is -0.270. The SMILES string of the molecule is O=C1N(c2cccc3ccccc23)C(c2ccc(F)cc2)N2CCCN12. The fourth-order valence-corrected chi connectivity index (χ4v) is 4.06. The van der Waals surface area contributed by atoms with Crippen molar-refractivity contribution in [2.45, 2.75) is 12.6 Å². The Morgan fingerprint density at radius 1 is 0.885 bits per heavy atom. The molecule has 1 atom stereocenters. The molecule has 0 aromatic heterocycles. The Kier molecular flexibility index (Phi) is 3.43. The van der Waals surface area contributed by atoms with E-state index in [4.69, 9.17) is 0 Å². The van der Waals surface area contributed by atoms with Crippen molar-refractivity contribution in [2.24, 2.45) is 0 Å². The molecule has 0 N–H and O–H groups in total. The zero-order chi connectivity index (χ0) is 17.7. The minimum Gasteiger partial charge on any atom is -0.270 e. The highest BCUT2D eigenvalue weighted by molar-refractivity contribution is 6.04. The first-order chi connectivity index (χ1) is 12.7. The van der Waals surface area contributed by atoms with E-state index in [9.17, 15) is 9.18 Å². The molecule has 0 spiro atoms. The molecule has 2 saturated heterocycles. The molecule has 0 radical (unpaired) electrons. The number of nitrogens with zero attached hydrogens (tertiary/aromatic N) is 3. The second kappa shape index (κ2) is 5.81. The van der Waals surface area contributed by atoms with Crippen LogP contribution in [0.5, 0.6) is 0 Å². The van der Waals surface area contributed by atoms with E-state index in [1.807, 2.05) is 52.4 Å². The van der Waals surface area contributed by atoms with Crippen molar-refractivity contribution in [2.75, 3.05) is 18.0 Å².